The minimum atomic E-state index is -4.72. The third kappa shape index (κ3) is 6.68. The number of piperazine rings is 1. The lowest BCUT2D eigenvalue weighted by Gasteiger charge is -2.42. The topological polar surface area (TPSA) is 112 Å². The SMILES string of the molecule is COCOc1cc(-c2c(N)cc3c(N4C[C@H]5CC[C@@H](C4)N5C(=O)OC(C)(C)C)nc(OCC(F)(F)F)nc3c2F)c2cc(F)ccc2c1. The number of ether oxygens (including phenoxy) is 4. The van der Waals surface area contributed by atoms with Gasteiger partial charge >= 0.3 is 18.3 Å². The monoisotopic (exact) mass is 675 g/mol. The Labute approximate surface area is 272 Å². The number of nitrogens with two attached hydrogens (primary N) is 1. The Balaban J connectivity index is 1.49. The zero-order valence-corrected chi connectivity index (χ0v) is 26.7. The zero-order chi connectivity index (χ0) is 34.5. The number of hydrogen-bond donors (Lipinski definition) is 1. The van der Waals surface area contributed by atoms with Gasteiger partial charge in [-0.1, -0.05) is 6.07 Å². The summed E-state index contributed by atoms with van der Waals surface area (Å²) in [6.07, 6.45) is -3.86. The maximum atomic E-state index is 16.8. The quantitative estimate of drug-likeness (QED) is 0.128. The first-order valence-corrected chi connectivity index (χ1v) is 15.2. The van der Waals surface area contributed by atoms with Crippen LogP contribution in [0.3, 0.4) is 0 Å². The van der Waals surface area contributed by atoms with Crippen LogP contribution in [0.2, 0.25) is 0 Å². The minimum absolute atomic E-state index is 0.0568. The summed E-state index contributed by atoms with van der Waals surface area (Å²) in [5.74, 6) is -1.18. The fraction of sp³-hybridized carbons (Fsp3) is 0.424. The summed E-state index contributed by atoms with van der Waals surface area (Å²) >= 11 is 0. The van der Waals surface area contributed by atoms with E-state index in [1.54, 1.807) is 36.6 Å². The summed E-state index contributed by atoms with van der Waals surface area (Å²) < 4.78 is 92.0. The molecule has 0 spiro atoms. The first-order chi connectivity index (χ1) is 22.6. The van der Waals surface area contributed by atoms with Crippen LogP contribution in [-0.2, 0) is 9.47 Å². The highest BCUT2D eigenvalue weighted by molar-refractivity contribution is 6.05. The molecule has 0 aliphatic carbocycles. The number of carbonyl (C=O) groups excluding carboxylic acids is 1. The number of aromatic nitrogens is 2. The van der Waals surface area contributed by atoms with E-state index in [9.17, 15) is 22.4 Å². The van der Waals surface area contributed by atoms with Gasteiger partial charge in [-0.2, -0.15) is 23.1 Å². The molecule has 4 aromatic rings. The molecule has 0 unspecified atom stereocenters. The summed E-state index contributed by atoms with van der Waals surface area (Å²) in [5.41, 5.74) is 5.40. The van der Waals surface area contributed by atoms with Crippen LogP contribution in [0, 0.1) is 11.6 Å². The zero-order valence-electron chi connectivity index (χ0n) is 26.7. The van der Waals surface area contributed by atoms with Crippen LogP contribution < -0.4 is 20.1 Å². The maximum Gasteiger partial charge on any atom is 0.422 e. The fourth-order valence-corrected chi connectivity index (χ4v) is 6.34. The number of alkyl halides is 3. The van der Waals surface area contributed by atoms with E-state index in [4.69, 9.17) is 24.7 Å². The molecule has 6 rings (SSSR count). The third-order valence-electron chi connectivity index (χ3n) is 8.17. The van der Waals surface area contributed by atoms with Crippen molar-refractivity contribution < 1.29 is 45.7 Å². The molecule has 2 saturated heterocycles. The summed E-state index contributed by atoms with van der Waals surface area (Å²) in [6.45, 7) is 3.97. The number of carbonyl (C=O) groups is 1. The van der Waals surface area contributed by atoms with Gasteiger partial charge in [-0.05, 0) is 80.3 Å². The van der Waals surface area contributed by atoms with Crippen LogP contribution in [-0.4, -0.2) is 78.4 Å². The van der Waals surface area contributed by atoms with Gasteiger partial charge in [-0.3, -0.25) is 4.90 Å². The van der Waals surface area contributed by atoms with Crippen LogP contribution >= 0.6 is 0 Å². The molecule has 1 amide bonds. The fourth-order valence-electron chi connectivity index (χ4n) is 6.34. The summed E-state index contributed by atoms with van der Waals surface area (Å²) in [7, 11) is 1.43. The third-order valence-corrected chi connectivity index (χ3v) is 8.17. The van der Waals surface area contributed by atoms with Gasteiger partial charge in [0.05, 0.1) is 12.1 Å². The first kappa shape index (κ1) is 33.2. The Kier molecular flexibility index (Phi) is 8.60. The lowest BCUT2D eigenvalue weighted by molar-refractivity contribution is -0.154. The summed E-state index contributed by atoms with van der Waals surface area (Å²) in [6, 6.07) is 7.22. The van der Waals surface area contributed by atoms with Crippen LogP contribution in [0.5, 0.6) is 11.8 Å². The number of amides is 1. The number of methoxy groups -OCH3 is 1. The van der Waals surface area contributed by atoms with Gasteiger partial charge < -0.3 is 29.6 Å². The van der Waals surface area contributed by atoms with Gasteiger partial charge in [-0.25, -0.2) is 13.6 Å². The molecule has 2 aliphatic heterocycles. The van der Waals surface area contributed by atoms with Gasteiger partial charge in [0.2, 0.25) is 0 Å². The van der Waals surface area contributed by atoms with Crippen molar-refractivity contribution >= 4 is 39.3 Å². The molecule has 2 fully saturated rings. The molecule has 2 atom stereocenters. The molecule has 10 nitrogen and oxygen atoms in total. The summed E-state index contributed by atoms with van der Waals surface area (Å²) in [4.78, 5) is 24.9. The van der Waals surface area contributed by atoms with Crippen molar-refractivity contribution in [3.63, 3.8) is 0 Å². The van der Waals surface area contributed by atoms with Gasteiger partial charge in [-0.15, -0.1) is 0 Å². The van der Waals surface area contributed by atoms with Crippen LogP contribution in [0.25, 0.3) is 32.8 Å². The van der Waals surface area contributed by atoms with Crippen molar-refractivity contribution in [2.45, 2.75) is 57.5 Å². The van der Waals surface area contributed by atoms with E-state index < -0.39 is 42.1 Å². The van der Waals surface area contributed by atoms with E-state index in [0.29, 0.717) is 23.6 Å². The predicted molar refractivity (Wildman–Crippen MR) is 168 cm³/mol. The molecule has 0 radical (unpaired) electrons. The number of fused-ring (bicyclic) bond motifs is 4. The van der Waals surface area contributed by atoms with Gasteiger partial charge in [0, 0.05) is 36.8 Å². The van der Waals surface area contributed by atoms with Crippen molar-refractivity contribution in [3.8, 4) is 22.9 Å². The van der Waals surface area contributed by atoms with Crippen molar-refractivity contribution in [3.05, 3.63) is 48.0 Å². The highest BCUT2D eigenvalue weighted by Gasteiger charge is 2.45. The lowest BCUT2D eigenvalue weighted by Crippen LogP contribution is -2.57. The lowest BCUT2D eigenvalue weighted by atomic mass is 9.94. The minimum Gasteiger partial charge on any atom is -0.468 e. The van der Waals surface area contributed by atoms with Gasteiger partial charge in [0.15, 0.2) is 19.2 Å². The number of rotatable bonds is 7. The highest BCUT2D eigenvalue weighted by Crippen LogP contribution is 2.43. The van der Waals surface area contributed by atoms with Crippen molar-refractivity contribution in [1.82, 2.24) is 14.9 Å². The standard InChI is InChI=1S/C33H34F5N5O5/c1-32(2,3)48-31(44)43-19-7-8-20(43)14-42(13-19)29-24-12-25(39)26(27(35)28(24)40-30(41-29)46-15-33(36,37)38)23-11-21(47-16-45-4)9-17-5-6-18(34)10-22(17)23/h5-6,9-12,19-20H,7-8,13-16,39H2,1-4H3/t19-,20+. The average molecular weight is 676 g/mol. The molecular formula is C33H34F5N5O5. The Morgan fingerprint density at radius 2 is 1.69 bits per heavy atom. The first-order valence-electron chi connectivity index (χ1n) is 15.2. The Bertz CT molecular complexity index is 1870. The van der Waals surface area contributed by atoms with E-state index in [1.807, 2.05) is 0 Å². The van der Waals surface area contributed by atoms with E-state index >= 15 is 4.39 Å². The number of hydrogen-bond acceptors (Lipinski definition) is 9. The second-order valence-corrected chi connectivity index (χ2v) is 12.8. The second kappa shape index (κ2) is 12.4. The molecule has 1 aromatic heterocycles. The Hall–Kier alpha value is -4.66. The molecule has 0 saturated carbocycles. The molecule has 15 heteroatoms. The predicted octanol–water partition coefficient (Wildman–Crippen LogP) is 6.82. The van der Waals surface area contributed by atoms with E-state index in [2.05, 4.69) is 9.97 Å². The molecule has 2 aliphatic rings. The van der Waals surface area contributed by atoms with E-state index in [1.165, 1.54) is 37.4 Å². The van der Waals surface area contributed by atoms with Crippen LogP contribution in [0.15, 0.2) is 36.4 Å². The smallest absolute Gasteiger partial charge is 0.422 e. The molecule has 2 N–H and O–H groups in total. The maximum absolute atomic E-state index is 16.8. The Morgan fingerprint density at radius 1 is 0.979 bits per heavy atom. The largest absolute Gasteiger partial charge is 0.468 e. The highest BCUT2D eigenvalue weighted by atomic mass is 19.4. The van der Waals surface area contributed by atoms with Crippen molar-refractivity contribution in [1.29, 1.82) is 0 Å². The van der Waals surface area contributed by atoms with E-state index in [-0.39, 0.29) is 71.3 Å². The normalized spacial score (nSPS) is 18.1. The summed E-state index contributed by atoms with van der Waals surface area (Å²) in [5, 5.41) is 0.942. The molecule has 256 valence electrons. The van der Waals surface area contributed by atoms with Crippen LogP contribution in [0.4, 0.5) is 38.3 Å². The average Bonchev–Trinajstić information content (AvgIpc) is 3.27. The second-order valence-electron chi connectivity index (χ2n) is 12.8. The molecule has 3 heterocycles. The molecule has 2 bridgehead atoms. The number of anilines is 2. The number of halogens is 5. The van der Waals surface area contributed by atoms with Gasteiger partial charge in [0.25, 0.3) is 0 Å². The van der Waals surface area contributed by atoms with Gasteiger partial charge in [0.1, 0.15) is 28.5 Å². The van der Waals surface area contributed by atoms with Crippen molar-refractivity contribution in [2.24, 2.45) is 0 Å². The van der Waals surface area contributed by atoms with E-state index in [0.717, 1.165) is 0 Å². The molecular weight excluding hydrogens is 641 g/mol. The Morgan fingerprint density at radius 3 is 2.33 bits per heavy atom. The molecule has 48 heavy (non-hydrogen) atoms. The number of nitrogen functional groups attached to an aromatic ring is 1. The van der Waals surface area contributed by atoms with Crippen LogP contribution in [0.1, 0.15) is 33.6 Å². The molecule has 3 aromatic carbocycles. The van der Waals surface area contributed by atoms with Crippen molar-refractivity contribution in [2.75, 3.05) is 44.2 Å². The number of nitrogens with zero attached hydrogens (tertiary/aromatic N) is 4. The number of benzene rings is 3.